The van der Waals surface area contributed by atoms with E-state index in [1.54, 1.807) is 23.6 Å². The SMILES string of the molecule is CN(c1nc2sc(-c3ncc(Br)cc3O)nc2s1)C1CCNCC1. The van der Waals surface area contributed by atoms with Crippen molar-refractivity contribution in [3.05, 3.63) is 16.7 Å². The molecule has 2 N–H and O–H groups in total. The Balaban J connectivity index is 1.62. The molecule has 0 spiro atoms. The van der Waals surface area contributed by atoms with Crippen molar-refractivity contribution in [2.75, 3.05) is 25.0 Å². The van der Waals surface area contributed by atoms with Crippen molar-refractivity contribution >= 4 is 53.4 Å². The van der Waals surface area contributed by atoms with Gasteiger partial charge in [0.1, 0.15) is 16.5 Å². The minimum absolute atomic E-state index is 0.123. The molecule has 3 aromatic rings. The predicted octanol–water partition coefficient (Wildman–Crippen LogP) is 3.47. The van der Waals surface area contributed by atoms with Gasteiger partial charge in [-0.15, -0.1) is 0 Å². The Bertz CT molecular complexity index is 843. The summed E-state index contributed by atoms with van der Waals surface area (Å²) in [5.74, 6) is 0.123. The van der Waals surface area contributed by atoms with Crippen molar-refractivity contribution in [3.8, 4) is 16.5 Å². The molecule has 4 rings (SSSR count). The highest BCUT2D eigenvalue weighted by molar-refractivity contribution is 9.10. The van der Waals surface area contributed by atoms with Gasteiger partial charge in [-0.3, -0.25) is 0 Å². The number of piperidine rings is 1. The van der Waals surface area contributed by atoms with Crippen LogP contribution in [0.2, 0.25) is 0 Å². The van der Waals surface area contributed by atoms with Crippen LogP contribution in [-0.2, 0) is 0 Å². The second kappa shape index (κ2) is 6.55. The topological polar surface area (TPSA) is 74.2 Å². The fourth-order valence-corrected chi connectivity index (χ4v) is 5.22. The molecule has 24 heavy (non-hydrogen) atoms. The van der Waals surface area contributed by atoms with E-state index < -0.39 is 0 Å². The highest BCUT2D eigenvalue weighted by Crippen LogP contribution is 2.38. The number of pyridine rings is 1. The molecule has 6 nitrogen and oxygen atoms in total. The van der Waals surface area contributed by atoms with Crippen LogP contribution in [0.25, 0.3) is 20.4 Å². The lowest BCUT2D eigenvalue weighted by atomic mass is 10.1. The van der Waals surface area contributed by atoms with Crippen LogP contribution in [0.15, 0.2) is 16.7 Å². The fraction of sp³-hybridized carbons (Fsp3) is 0.400. The summed E-state index contributed by atoms with van der Waals surface area (Å²) >= 11 is 6.36. The number of hydrogen-bond donors (Lipinski definition) is 2. The zero-order valence-corrected chi connectivity index (χ0v) is 16.2. The highest BCUT2D eigenvalue weighted by Gasteiger charge is 2.22. The summed E-state index contributed by atoms with van der Waals surface area (Å²) in [5, 5.41) is 15.2. The third kappa shape index (κ3) is 3.01. The molecular weight excluding hydrogens is 410 g/mol. The Labute approximate surface area is 155 Å². The maximum Gasteiger partial charge on any atom is 0.188 e. The molecule has 3 aromatic heterocycles. The predicted molar refractivity (Wildman–Crippen MR) is 102 cm³/mol. The highest BCUT2D eigenvalue weighted by atomic mass is 79.9. The van der Waals surface area contributed by atoms with Gasteiger partial charge in [-0.1, -0.05) is 22.7 Å². The third-order valence-corrected chi connectivity index (χ3v) is 6.72. The summed E-state index contributed by atoms with van der Waals surface area (Å²) in [6.07, 6.45) is 3.94. The van der Waals surface area contributed by atoms with Gasteiger partial charge in [-0.2, -0.15) is 0 Å². The van der Waals surface area contributed by atoms with Crippen LogP contribution in [0.3, 0.4) is 0 Å². The van der Waals surface area contributed by atoms with Gasteiger partial charge in [0.25, 0.3) is 0 Å². The number of aromatic nitrogens is 3. The van der Waals surface area contributed by atoms with Gasteiger partial charge in [0.15, 0.2) is 14.8 Å². The van der Waals surface area contributed by atoms with Crippen molar-refractivity contribution in [1.29, 1.82) is 0 Å². The van der Waals surface area contributed by atoms with Gasteiger partial charge in [-0.05, 0) is 47.9 Å². The Morgan fingerprint density at radius 3 is 2.71 bits per heavy atom. The van der Waals surface area contributed by atoms with Gasteiger partial charge in [-0.25, -0.2) is 15.0 Å². The Kier molecular flexibility index (Phi) is 4.42. The largest absolute Gasteiger partial charge is 0.506 e. The summed E-state index contributed by atoms with van der Waals surface area (Å²) in [6.45, 7) is 2.12. The molecule has 1 saturated heterocycles. The summed E-state index contributed by atoms with van der Waals surface area (Å²) < 4.78 is 0.742. The van der Waals surface area contributed by atoms with Crippen LogP contribution in [0.4, 0.5) is 5.13 Å². The van der Waals surface area contributed by atoms with Gasteiger partial charge in [0.05, 0.1) is 0 Å². The lowest BCUT2D eigenvalue weighted by molar-refractivity contribution is 0.443. The van der Waals surface area contributed by atoms with E-state index in [1.165, 1.54) is 11.3 Å². The minimum Gasteiger partial charge on any atom is -0.506 e. The molecule has 0 aliphatic carbocycles. The maximum atomic E-state index is 10.1. The lowest BCUT2D eigenvalue weighted by Gasteiger charge is -2.31. The molecule has 9 heteroatoms. The van der Waals surface area contributed by atoms with E-state index in [4.69, 9.17) is 4.98 Å². The molecule has 0 saturated carbocycles. The average molecular weight is 426 g/mol. The lowest BCUT2D eigenvalue weighted by Crippen LogP contribution is -2.41. The minimum atomic E-state index is 0.123. The first-order valence-corrected chi connectivity index (χ1v) is 10.1. The molecule has 0 amide bonds. The number of nitrogens with one attached hydrogen (secondary N) is 1. The first-order chi connectivity index (χ1) is 11.6. The molecule has 1 fully saturated rings. The Morgan fingerprint density at radius 1 is 1.25 bits per heavy atom. The third-order valence-electron chi connectivity index (χ3n) is 4.16. The number of fused-ring (bicyclic) bond motifs is 1. The smallest absolute Gasteiger partial charge is 0.188 e. The number of rotatable bonds is 3. The number of halogens is 1. The molecule has 4 heterocycles. The molecule has 126 valence electrons. The average Bonchev–Trinajstić information content (AvgIpc) is 3.14. The molecule has 0 atom stereocenters. The van der Waals surface area contributed by atoms with Crippen molar-refractivity contribution in [2.45, 2.75) is 18.9 Å². The summed E-state index contributed by atoms with van der Waals surface area (Å²) in [5.41, 5.74) is 0.502. The molecule has 0 bridgehead atoms. The van der Waals surface area contributed by atoms with Crippen molar-refractivity contribution < 1.29 is 5.11 Å². The van der Waals surface area contributed by atoms with Crippen molar-refractivity contribution in [2.24, 2.45) is 0 Å². The molecule has 1 aliphatic heterocycles. The summed E-state index contributed by atoms with van der Waals surface area (Å²) in [7, 11) is 2.11. The van der Waals surface area contributed by atoms with Crippen molar-refractivity contribution in [3.63, 3.8) is 0 Å². The monoisotopic (exact) mass is 425 g/mol. The standard InChI is InChI=1S/C15H16BrN5OS2/c1-21(9-2-4-17-5-3-9)15-20-14-13(24-15)19-12(23-14)11-10(22)6-8(16)7-18-11/h6-7,9,17,22H,2-5H2,1H3. The number of thiazole rings is 2. The van der Waals surface area contributed by atoms with Gasteiger partial charge >= 0.3 is 0 Å². The van der Waals surface area contributed by atoms with Crippen LogP contribution in [0, 0.1) is 0 Å². The van der Waals surface area contributed by atoms with E-state index in [0.29, 0.717) is 16.7 Å². The quantitative estimate of drug-likeness (QED) is 0.668. The Hall–Kier alpha value is -1.29. The second-order valence-electron chi connectivity index (χ2n) is 5.74. The second-order valence-corrected chi connectivity index (χ2v) is 8.59. The first-order valence-electron chi connectivity index (χ1n) is 7.67. The first kappa shape index (κ1) is 16.2. The zero-order chi connectivity index (χ0) is 16.7. The zero-order valence-electron chi connectivity index (χ0n) is 13.0. The number of anilines is 1. The Morgan fingerprint density at radius 2 is 2.00 bits per heavy atom. The van der Waals surface area contributed by atoms with Crippen molar-refractivity contribution in [1.82, 2.24) is 20.3 Å². The van der Waals surface area contributed by atoms with Gasteiger partial charge in [0.2, 0.25) is 0 Å². The van der Waals surface area contributed by atoms with Crippen LogP contribution < -0.4 is 10.2 Å². The van der Waals surface area contributed by atoms with Crippen LogP contribution in [-0.4, -0.2) is 46.2 Å². The number of aromatic hydroxyl groups is 1. The van der Waals surface area contributed by atoms with E-state index >= 15 is 0 Å². The van der Waals surface area contributed by atoms with E-state index in [2.05, 4.69) is 43.2 Å². The van der Waals surface area contributed by atoms with Crippen LogP contribution in [0.1, 0.15) is 12.8 Å². The van der Waals surface area contributed by atoms with Crippen LogP contribution >= 0.6 is 38.6 Å². The summed E-state index contributed by atoms with van der Waals surface area (Å²) in [6, 6.07) is 2.16. The summed E-state index contributed by atoms with van der Waals surface area (Å²) in [4.78, 5) is 17.7. The molecular formula is C15H16BrN5OS2. The fourth-order valence-electron chi connectivity index (χ4n) is 2.83. The normalized spacial score (nSPS) is 15.9. The molecule has 0 aromatic carbocycles. The van der Waals surface area contributed by atoms with E-state index in [-0.39, 0.29) is 5.75 Å². The number of nitrogens with zero attached hydrogens (tertiary/aromatic N) is 4. The molecule has 0 unspecified atom stereocenters. The maximum absolute atomic E-state index is 10.1. The van der Waals surface area contributed by atoms with E-state index in [9.17, 15) is 5.11 Å². The van der Waals surface area contributed by atoms with E-state index in [0.717, 1.165) is 45.2 Å². The number of hydrogen-bond acceptors (Lipinski definition) is 8. The molecule has 1 aliphatic rings. The molecule has 0 radical (unpaired) electrons. The van der Waals surface area contributed by atoms with Gasteiger partial charge < -0.3 is 15.3 Å². The van der Waals surface area contributed by atoms with Gasteiger partial charge in [0, 0.05) is 23.8 Å². The van der Waals surface area contributed by atoms with Crippen LogP contribution in [0.5, 0.6) is 5.75 Å². The van der Waals surface area contributed by atoms with E-state index in [1.807, 2.05) is 0 Å².